The fraction of sp³-hybridized carbons (Fsp3) is 0.222. The van der Waals surface area contributed by atoms with E-state index in [-0.39, 0.29) is 38.9 Å². The molecule has 0 aliphatic rings. The summed E-state index contributed by atoms with van der Waals surface area (Å²) in [5.74, 6) is -4.22. The summed E-state index contributed by atoms with van der Waals surface area (Å²) in [4.78, 5) is 51.1. The number of phenolic OH excluding ortho intramolecular Hbond substituents is 2. The number of hydrogen-bond acceptors (Lipinski definition) is 9. The molecule has 3 atom stereocenters. The van der Waals surface area contributed by atoms with E-state index >= 15 is 0 Å². The van der Waals surface area contributed by atoms with Gasteiger partial charge in [0, 0.05) is 19.5 Å². The molecule has 222 valence electrons. The number of amides is 2. The van der Waals surface area contributed by atoms with Gasteiger partial charge in [0.1, 0.15) is 17.8 Å². The lowest BCUT2D eigenvalue weighted by atomic mass is 9.99. The van der Waals surface area contributed by atoms with Gasteiger partial charge in [-0.25, -0.2) is 4.79 Å². The van der Waals surface area contributed by atoms with Crippen LogP contribution in [0.1, 0.15) is 28.8 Å². The van der Waals surface area contributed by atoms with E-state index in [1.165, 1.54) is 49.5 Å². The molecule has 2 amide bonds. The molecule has 0 unspecified atom stereocenters. The minimum atomic E-state index is -1.44. The van der Waals surface area contributed by atoms with Crippen LogP contribution in [0.3, 0.4) is 0 Å². The molecule has 3 rings (SSSR count). The Hall–Kier alpha value is -4.46. The number of nitrogens with zero attached hydrogens (tertiary/aromatic N) is 2. The highest BCUT2D eigenvalue weighted by Gasteiger charge is 2.34. The molecule has 0 spiro atoms. The number of likely N-dealkylation sites (N-methyl/N-ethyl adjacent to an activating group) is 1. The minimum Gasteiger partial charge on any atom is -0.508 e. The summed E-state index contributed by atoms with van der Waals surface area (Å²) in [7, 11) is 2.33. The molecular weight excluding hydrogens is 598 g/mol. The van der Waals surface area contributed by atoms with Crippen LogP contribution in [0.2, 0.25) is 10.0 Å². The molecule has 12 nitrogen and oxygen atoms in total. The van der Waals surface area contributed by atoms with E-state index in [9.17, 15) is 39.1 Å². The molecular formula is C27H25Cl2FN4O8. The topological polar surface area (TPSA) is 185 Å². The molecule has 0 radical (unpaired) electrons. The number of ether oxygens (including phenoxy) is 1. The number of hydrogen-bond donors (Lipinski definition) is 4. The number of aromatic hydroxyl groups is 2. The Morgan fingerprint density at radius 3 is 2.21 bits per heavy atom. The Kier molecular flexibility index (Phi) is 10.3. The third-order valence-corrected chi connectivity index (χ3v) is 6.94. The second-order valence-electron chi connectivity index (χ2n) is 9.08. The largest absolute Gasteiger partial charge is 0.508 e. The Balaban J connectivity index is 2.01. The van der Waals surface area contributed by atoms with Gasteiger partial charge in [0.25, 0.3) is 0 Å². The van der Waals surface area contributed by atoms with Crippen LogP contribution in [0.15, 0.2) is 54.6 Å². The van der Waals surface area contributed by atoms with E-state index < -0.39 is 58.1 Å². The highest BCUT2D eigenvalue weighted by atomic mass is 35.5. The van der Waals surface area contributed by atoms with E-state index in [2.05, 4.69) is 5.32 Å². The number of nitrogens with one attached hydrogen (secondary N) is 1. The monoisotopic (exact) mass is 622 g/mol. The number of nitro benzene ring substituents is 1. The van der Waals surface area contributed by atoms with Gasteiger partial charge in [-0.1, -0.05) is 41.4 Å². The Morgan fingerprint density at radius 1 is 1.07 bits per heavy atom. The van der Waals surface area contributed by atoms with Gasteiger partial charge in [-0.15, -0.1) is 0 Å². The van der Waals surface area contributed by atoms with Gasteiger partial charge in [-0.2, -0.15) is 4.39 Å². The van der Waals surface area contributed by atoms with Crippen molar-refractivity contribution in [2.75, 3.05) is 14.2 Å². The molecule has 0 bridgehead atoms. The van der Waals surface area contributed by atoms with Crippen LogP contribution in [0.25, 0.3) is 0 Å². The van der Waals surface area contributed by atoms with E-state index in [4.69, 9.17) is 33.7 Å². The summed E-state index contributed by atoms with van der Waals surface area (Å²) >= 11 is 11.9. The molecule has 42 heavy (non-hydrogen) atoms. The van der Waals surface area contributed by atoms with Crippen LogP contribution in [0.5, 0.6) is 11.5 Å². The molecule has 0 saturated heterocycles. The van der Waals surface area contributed by atoms with Crippen LogP contribution in [0.4, 0.5) is 10.1 Å². The number of carbonyl (C=O) groups is 3. The van der Waals surface area contributed by atoms with Crippen LogP contribution >= 0.6 is 23.2 Å². The number of esters is 1. The van der Waals surface area contributed by atoms with Crippen LogP contribution in [-0.2, 0) is 25.5 Å². The molecule has 0 saturated carbocycles. The number of methoxy groups -OCH3 is 1. The first kappa shape index (κ1) is 32.1. The van der Waals surface area contributed by atoms with E-state index in [0.29, 0.717) is 0 Å². The number of rotatable bonds is 10. The summed E-state index contributed by atoms with van der Waals surface area (Å²) in [6.07, 6.45) is -0.359. The van der Waals surface area contributed by atoms with Gasteiger partial charge in [0.05, 0.1) is 22.1 Å². The van der Waals surface area contributed by atoms with Crippen LogP contribution in [-0.4, -0.2) is 58.0 Å². The average molecular weight is 623 g/mol. The van der Waals surface area contributed by atoms with Crippen molar-refractivity contribution in [2.45, 2.75) is 24.5 Å². The fourth-order valence-electron chi connectivity index (χ4n) is 4.04. The highest BCUT2D eigenvalue weighted by Crippen LogP contribution is 2.34. The maximum absolute atomic E-state index is 14.0. The number of nitro groups is 1. The second kappa shape index (κ2) is 13.5. The predicted octanol–water partition coefficient (Wildman–Crippen LogP) is 3.55. The van der Waals surface area contributed by atoms with E-state index in [1.807, 2.05) is 0 Å². The maximum atomic E-state index is 14.0. The van der Waals surface area contributed by atoms with Crippen molar-refractivity contribution in [3.05, 3.63) is 97.3 Å². The number of carbonyl (C=O) groups excluding carboxylic acids is 3. The van der Waals surface area contributed by atoms with Crippen molar-refractivity contribution in [1.29, 1.82) is 0 Å². The SMILES string of the molecule is COC(=O)[C@H](NC(=O)[C@H](Cc1ccc(F)c([N+](=O)[O-])c1)N(C)C(=O)[C@H](N)c1cc(Cl)c(O)c(Cl)c1)c1ccc(O)cc1. The van der Waals surface area contributed by atoms with Gasteiger partial charge in [-0.05, 0) is 47.0 Å². The number of nitrogens with two attached hydrogens (primary N) is 1. The number of phenols is 2. The number of benzene rings is 3. The third kappa shape index (κ3) is 7.24. The standard InChI is InChI=1S/C27H25Cl2FN4O8/c1-33(26(38)22(31)15-11-17(28)24(36)18(29)12-15)21(10-13-3-8-19(30)20(9-13)34(40)41)25(37)32-23(27(39)42-2)14-4-6-16(35)7-5-14/h3-9,11-12,21-23,35-36H,10,31H2,1-2H3,(H,32,37)/t21-,22+,23+/m0/s1. The third-order valence-electron chi connectivity index (χ3n) is 6.37. The number of halogens is 3. The second-order valence-corrected chi connectivity index (χ2v) is 9.89. The summed E-state index contributed by atoms with van der Waals surface area (Å²) in [6.45, 7) is 0. The summed E-state index contributed by atoms with van der Waals surface area (Å²) in [6, 6.07) is 6.48. The van der Waals surface area contributed by atoms with Crippen molar-refractivity contribution in [3.8, 4) is 11.5 Å². The minimum absolute atomic E-state index is 0.0989. The van der Waals surface area contributed by atoms with Crippen molar-refractivity contribution < 1.29 is 38.6 Å². The first-order valence-corrected chi connectivity index (χ1v) is 12.8. The fourth-order valence-corrected chi connectivity index (χ4v) is 4.54. The lowest BCUT2D eigenvalue weighted by Crippen LogP contribution is -2.52. The van der Waals surface area contributed by atoms with Gasteiger partial charge in [-0.3, -0.25) is 19.7 Å². The average Bonchev–Trinajstić information content (AvgIpc) is 2.96. The Bertz CT molecular complexity index is 1500. The Labute approximate surface area is 248 Å². The lowest BCUT2D eigenvalue weighted by molar-refractivity contribution is -0.387. The van der Waals surface area contributed by atoms with Gasteiger partial charge >= 0.3 is 11.7 Å². The van der Waals surface area contributed by atoms with Crippen LogP contribution in [0, 0.1) is 15.9 Å². The van der Waals surface area contributed by atoms with Gasteiger partial charge in [0.2, 0.25) is 17.6 Å². The molecule has 0 aliphatic heterocycles. The first-order chi connectivity index (χ1) is 19.7. The van der Waals surface area contributed by atoms with Crippen molar-refractivity contribution >= 4 is 46.7 Å². The molecule has 3 aromatic rings. The lowest BCUT2D eigenvalue weighted by Gasteiger charge is -2.31. The van der Waals surface area contributed by atoms with Crippen LogP contribution < -0.4 is 11.1 Å². The molecule has 0 aliphatic carbocycles. The summed E-state index contributed by atoms with van der Waals surface area (Å²) in [5.41, 5.74) is 5.78. The molecule has 0 heterocycles. The quantitative estimate of drug-likeness (QED) is 0.149. The van der Waals surface area contributed by atoms with Gasteiger partial charge in [0.15, 0.2) is 11.8 Å². The molecule has 0 fully saturated rings. The summed E-state index contributed by atoms with van der Waals surface area (Å²) < 4.78 is 18.8. The van der Waals surface area contributed by atoms with E-state index in [0.717, 1.165) is 24.1 Å². The predicted molar refractivity (Wildman–Crippen MR) is 149 cm³/mol. The summed E-state index contributed by atoms with van der Waals surface area (Å²) in [5, 5.41) is 32.9. The van der Waals surface area contributed by atoms with Gasteiger partial charge < -0.3 is 30.9 Å². The molecule has 0 aromatic heterocycles. The first-order valence-electron chi connectivity index (χ1n) is 12.0. The molecule has 3 aromatic carbocycles. The smallest absolute Gasteiger partial charge is 0.333 e. The zero-order valence-electron chi connectivity index (χ0n) is 22.1. The normalized spacial score (nSPS) is 13.0. The van der Waals surface area contributed by atoms with Crippen molar-refractivity contribution in [1.82, 2.24) is 10.2 Å². The van der Waals surface area contributed by atoms with Crippen molar-refractivity contribution in [2.24, 2.45) is 5.73 Å². The zero-order chi connectivity index (χ0) is 31.3. The van der Waals surface area contributed by atoms with E-state index in [1.54, 1.807) is 0 Å². The molecule has 15 heteroatoms. The highest BCUT2D eigenvalue weighted by molar-refractivity contribution is 6.37. The maximum Gasteiger partial charge on any atom is 0.333 e. The zero-order valence-corrected chi connectivity index (χ0v) is 23.6. The van der Waals surface area contributed by atoms with Crippen molar-refractivity contribution in [3.63, 3.8) is 0 Å². The Morgan fingerprint density at radius 2 is 1.67 bits per heavy atom. The molecule has 5 N–H and O–H groups in total.